The van der Waals surface area contributed by atoms with Crippen LogP contribution in [0.1, 0.15) is 0 Å². The summed E-state index contributed by atoms with van der Waals surface area (Å²) in [6, 6.07) is 0. The van der Waals surface area contributed by atoms with Crippen LogP contribution in [-0.2, 0) is 14.4 Å². The van der Waals surface area contributed by atoms with Crippen molar-refractivity contribution in [2.45, 2.75) is 0 Å². The maximum absolute atomic E-state index is 10.1. The van der Waals surface area contributed by atoms with Gasteiger partial charge in [-0.25, -0.2) is 0 Å². The zero-order chi connectivity index (χ0) is 10.4. The van der Waals surface area contributed by atoms with Gasteiger partial charge in [-0.2, -0.15) is 0 Å². The van der Waals surface area contributed by atoms with Gasteiger partial charge in [0.15, 0.2) is 0 Å². The molecule has 0 aliphatic carbocycles. The van der Waals surface area contributed by atoms with Crippen molar-refractivity contribution in [1.82, 2.24) is 17.2 Å². The first-order valence-electron chi connectivity index (χ1n) is 3.29. The third kappa shape index (κ3) is 12.3. The molecule has 90 valence electrons. The van der Waals surface area contributed by atoms with Gasteiger partial charge in [0.1, 0.15) is 0 Å². The monoisotopic (exact) mass is 225 g/mol. The molecule has 0 saturated carbocycles. The molecule has 0 rings (SSSR count). The lowest BCUT2D eigenvalue weighted by molar-refractivity contribution is -0.144. The molecule has 0 aromatic carbocycles. The van der Waals surface area contributed by atoms with E-state index in [0.717, 1.165) is 4.90 Å². The van der Waals surface area contributed by atoms with Crippen LogP contribution in [0, 0.1) is 0 Å². The van der Waals surface area contributed by atoms with E-state index in [2.05, 4.69) is 0 Å². The van der Waals surface area contributed by atoms with Crippen molar-refractivity contribution in [3.05, 3.63) is 0 Å². The van der Waals surface area contributed by atoms with Crippen molar-refractivity contribution >= 4 is 17.9 Å². The number of aliphatic carboxylic acids is 3. The van der Waals surface area contributed by atoms with Crippen molar-refractivity contribution in [3.63, 3.8) is 0 Å². The van der Waals surface area contributed by atoms with Crippen molar-refractivity contribution < 1.29 is 29.7 Å². The van der Waals surface area contributed by atoms with Gasteiger partial charge >= 0.3 is 17.9 Å². The average Bonchev–Trinajstić information content (AvgIpc) is 1.80. The summed E-state index contributed by atoms with van der Waals surface area (Å²) in [5.41, 5.74) is 0. The molecule has 0 aromatic heterocycles. The summed E-state index contributed by atoms with van der Waals surface area (Å²) in [6.07, 6.45) is 0. The van der Waals surface area contributed by atoms with E-state index >= 15 is 0 Å². The first-order chi connectivity index (χ1) is 5.91. The molecule has 0 aromatic rings. The molecule has 0 spiro atoms. The Hall–Kier alpha value is -1.71. The predicted molar refractivity (Wildman–Crippen MR) is 49.4 cm³/mol. The molecule has 9 N–H and O–H groups in total. The van der Waals surface area contributed by atoms with Crippen LogP contribution >= 0.6 is 0 Å². The molecule has 0 amide bonds. The molecule has 9 nitrogen and oxygen atoms in total. The molecule has 0 aliphatic heterocycles. The molecular weight excluding hydrogens is 210 g/mol. The fraction of sp³-hybridized carbons (Fsp3) is 0.500. The molecule has 0 radical (unpaired) electrons. The Morgan fingerprint density at radius 3 is 1.07 bits per heavy atom. The highest BCUT2D eigenvalue weighted by atomic mass is 16.4. The Balaban J connectivity index is -0.000000720. The lowest BCUT2D eigenvalue weighted by Gasteiger charge is -2.14. The van der Waals surface area contributed by atoms with E-state index in [1.54, 1.807) is 0 Å². The molecule has 15 heavy (non-hydrogen) atoms. The minimum Gasteiger partial charge on any atom is -0.480 e. The van der Waals surface area contributed by atoms with Gasteiger partial charge in [-0.15, -0.1) is 0 Å². The summed E-state index contributed by atoms with van der Waals surface area (Å²) in [5.74, 6) is -3.78. The summed E-state index contributed by atoms with van der Waals surface area (Å²) < 4.78 is 0. The van der Waals surface area contributed by atoms with E-state index in [9.17, 15) is 14.4 Å². The summed E-state index contributed by atoms with van der Waals surface area (Å²) in [6.45, 7) is -1.80. The van der Waals surface area contributed by atoms with Crippen LogP contribution in [0.25, 0.3) is 0 Å². The van der Waals surface area contributed by atoms with Gasteiger partial charge in [-0.05, 0) is 0 Å². The Bertz CT molecular complexity index is 193. The van der Waals surface area contributed by atoms with E-state index in [1.165, 1.54) is 0 Å². The van der Waals surface area contributed by atoms with Gasteiger partial charge in [0, 0.05) is 0 Å². The normalized spacial score (nSPS) is 8.60. The number of rotatable bonds is 6. The molecule has 0 atom stereocenters. The Labute approximate surface area is 85.5 Å². The van der Waals surface area contributed by atoms with E-state index < -0.39 is 37.5 Å². The summed E-state index contributed by atoms with van der Waals surface area (Å²) in [5, 5.41) is 24.8. The van der Waals surface area contributed by atoms with Crippen molar-refractivity contribution in [1.29, 1.82) is 0 Å². The molecule has 9 heteroatoms. The van der Waals surface area contributed by atoms with E-state index in [0.29, 0.717) is 0 Å². The van der Waals surface area contributed by atoms with Gasteiger partial charge in [0.05, 0.1) is 19.6 Å². The van der Waals surface area contributed by atoms with Crippen LogP contribution in [0.4, 0.5) is 0 Å². The second kappa shape index (κ2) is 8.87. The van der Waals surface area contributed by atoms with Crippen molar-refractivity contribution in [2.75, 3.05) is 19.6 Å². The molecule has 0 aliphatic rings. The molecule has 0 fully saturated rings. The smallest absolute Gasteiger partial charge is 0.317 e. The third-order valence-electron chi connectivity index (χ3n) is 1.08. The zero-order valence-corrected chi connectivity index (χ0v) is 8.05. The van der Waals surface area contributed by atoms with Crippen molar-refractivity contribution in [2.24, 2.45) is 0 Å². The summed E-state index contributed by atoms with van der Waals surface area (Å²) in [4.78, 5) is 31.2. The number of carboxylic acids is 3. The van der Waals surface area contributed by atoms with Gasteiger partial charge < -0.3 is 27.6 Å². The molecule has 0 saturated heterocycles. The largest absolute Gasteiger partial charge is 0.480 e. The quantitative estimate of drug-likeness (QED) is 0.372. The number of hydrogen-bond donors (Lipinski definition) is 5. The van der Waals surface area contributed by atoms with Gasteiger partial charge in [-0.1, -0.05) is 0 Å². The minimum absolute atomic E-state index is 0. The summed E-state index contributed by atoms with van der Waals surface area (Å²) in [7, 11) is 0. The number of nitrogens with zero attached hydrogens (tertiary/aromatic N) is 1. The van der Waals surface area contributed by atoms with Crippen LogP contribution in [-0.4, -0.2) is 57.8 Å². The highest BCUT2D eigenvalue weighted by Crippen LogP contribution is 1.87. The van der Waals surface area contributed by atoms with Gasteiger partial charge in [-0.3, -0.25) is 19.3 Å². The molecule has 0 heterocycles. The number of hydrogen-bond acceptors (Lipinski definition) is 6. The van der Waals surface area contributed by atoms with Gasteiger partial charge in [0.25, 0.3) is 0 Å². The summed E-state index contributed by atoms with van der Waals surface area (Å²) >= 11 is 0. The van der Waals surface area contributed by atoms with Gasteiger partial charge in [0.2, 0.25) is 0 Å². The number of carboxylic acid groups (broad SMARTS) is 3. The van der Waals surface area contributed by atoms with Crippen LogP contribution < -0.4 is 12.3 Å². The van der Waals surface area contributed by atoms with Crippen LogP contribution in [0.15, 0.2) is 0 Å². The van der Waals surface area contributed by atoms with E-state index in [1.807, 2.05) is 0 Å². The number of carbonyl (C=O) groups is 3. The van der Waals surface area contributed by atoms with Crippen molar-refractivity contribution in [3.8, 4) is 0 Å². The fourth-order valence-corrected chi connectivity index (χ4v) is 0.742. The van der Waals surface area contributed by atoms with Crippen LogP contribution in [0.5, 0.6) is 0 Å². The second-order valence-electron chi connectivity index (χ2n) is 2.33. The molecule has 0 bridgehead atoms. The maximum atomic E-state index is 10.1. The lowest BCUT2D eigenvalue weighted by atomic mass is 10.4. The highest BCUT2D eigenvalue weighted by molar-refractivity contribution is 5.75. The Morgan fingerprint density at radius 2 is 0.933 bits per heavy atom. The SMILES string of the molecule is N.N.O=C(O)CN(CC(=O)O)CC(=O)O. The molecule has 0 unspecified atom stereocenters. The highest BCUT2D eigenvalue weighted by Gasteiger charge is 2.15. The first-order valence-corrected chi connectivity index (χ1v) is 3.29. The second-order valence-corrected chi connectivity index (χ2v) is 2.33. The molecular formula is C6H15N3O6. The Morgan fingerprint density at radius 1 is 0.733 bits per heavy atom. The fourth-order valence-electron chi connectivity index (χ4n) is 0.742. The third-order valence-corrected chi connectivity index (χ3v) is 1.08. The van der Waals surface area contributed by atoms with Crippen LogP contribution in [0.2, 0.25) is 0 Å². The lowest BCUT2D eigenvalue weighted by Crippen LogP contribution is -2.38. The zero-order valence-electron chi connectivity index (χ0n) is 8.05. The Kier molecular flexibility index (Phi) is 11.2. The first kappa shape index (κ1) is 19.0. The van der Waals surface area contributed by atoms with E-state index in [4.69, 9.17) is 15.3 Å². The standard InChI is InChI=1S/C6H9NO6.2H3N/c8-4(9)1-7(2-5(10)11)3-6(12)13;;/h1-3H2,(H,8,9)(H,10,11)(H,12,13);2*1H3. The van der Waals surface area contributed by atoms with Crippen LogP contribution in [0.3, 0.4) is 0 Å². The predicted octanol–water partition coefficient (Wildman–Crippen LogP) is -1.13. The minimum atomic E-state index is -1.26. The topological polar surface area (TPSA) is 185 Å². The maximum Gasteiger partial charge on any atom is 0.317 e. The average molecular weight is 225 g/mol. The van der Waals surface area contributed by atoms with E-state index in [-0.39, 0.29) is 12.3 Å².